The highest BCUT2D eigenvalue weighted by Gasteiger charge is 2.15. The molecule has 9 nitrogen and oxygen atoms in total. The summed E-state index contributed by atoms with van der Waals surface area (Å²) in [6.07, 6.45) is 0. The van der Waals surface area contributed by atoms with Crippen molar-refractivity contribution < 1.29 is 19.3 Å². The molecule has 0 fully saturated rings. The molecular weight excluding hydrogens is 230 g/mol. The van der Waals surface area contributed by atoms with Crippen LogP contribution in [0.25, 0.3) is 0 Å². The normalized spacial score (nSPS) is 11.3. The monoisotopic (exact) mass is 241 g/mol. The third kappa shape index (κ3) is 3.26. The Hall–Kier alpha value is -2.45. The van der Waals surface area contributed by atoms with Crippen molar-refractivity contribution in [2.45, 2.75) is 13.8 Å². The van der Waals surface area contributed by atoms with E-state index in [1.165, 1.54) is 6.92 Å². The van der Waals surface area contributed by atoms with Crippen LogP contribution in [0.4, 0.5) is 4.79 Å². The Kier molecular flexibility index (Phi) is 3.75. The average molecular weight is 241 g/mol. The molecule has 1 rings (SSSR count). The predicted molar refractivity (Wildman–Crippen MR) is 55.2 cm³/mol. The lowest BCUT2D eigenvalue weighted by Gasteiger charge is -2.12. The average Bonchev–Trinajstić information content (AvgIpc) is 2.62. The number of aryl methyl sites for hydroxylation is 1. The van der Waals surface area contributed by atoms with Gasteiger partial charge in [-0.05, 0) is 19.0 Å². The van der Waals surface area contributed by atoms with Gasteiger partial charge >= 0.3 is 12.0 Å². The van der Waals surface area contributed by atoms with Crippen LogP contribution in [0.1, 0.15) is 18.3 Å². The van der Waals surface area contributed by atoms with Gasteiger partial charge in [0.15, 0.2) is 5.69 Å². The molecule has 1 aromatic rings. The molecule has 0 atom stereocenters. The summed E-state index contributed by atoms with van der Waals surface area (Å²) in [6.45, 7) is 2.54. The molecule has 0 aliphatic rings. The summed E-state index contributed by atoms with van der Waals surface area (Å²) in [4.78, 5) is 21.4. The maximum atomic E-state index is 10.9. The van der Waals surface area contributed by atoms with Crippen molar-refractivity contribution in [3.8, 4) is 0 Å². The van der Waals surface area contributed by atoms with Crippen molar-refractivity contribution in [2.75, 3.05) is 6.54 Å². The Morgan fingerprint density at radius 3 is 2.59 bits per heavy atom. The van der Waals surface area contributed by atoms with Crippen LogP contribution in [0.3, 0.4) is 0 Å². The fraction of sp³-hybridized carbons (Fsp3) is 0.375. The van der Waals surface area contributed by atoms with E-state index >= 15 is 0 Å². The van der Waals surface area contributed by atoms with Crippen LogP contribution in [0.2, 0.25) is 0 Å². The molecule has 9 heteroatoms. The summed E-state index contributed by atoms with van der Waals surface area (Å²) in [5.74, 6) is -1.23. The third-order valence-corrected chi connectivity index (χ3v) is 1.81. The number of aromatic nitrogens is 2. The van der Waals surface area contributed by atoms with Gasteiger partial charge in [0.2, 0.25) is 0 Å². The number of carbonyl (C=O) groups is 2. The second-order valence-corrected chi connectivity index (χ2v) is 3.17. The first-order valence-corrected chi connectivity index (χ1v) is 4.55. The third-order valence-electron chi connectivity index (χ3n) is 1.81. The Bertz CT molecular complexity index is 466. The van der Waals surface area contributed by atoms with Gasteiger partial charge in [-0.15, -0.1) is 0 Å². The first-order valence-electron chi connectivity index (χ1n) is 4.55. The lowest BCUT2D eigenvalue weighted by Crippen LogP contribution is -2.36. The second kappa shape index (κ2) is 5.05. The maximum Gasteiger partial charge on any atom is 0.335 e. The smallest absolute Gasteiger partial charge is 0.335 e. The summed E-state index contributed by atoms with van der Waals surface area (Å²) >= 11 is 0. The highest BCUT2D eigenvalue weighted by molar-refractivity contribution is 5.98. The first-order chi connectivity index (χ1) is 7.91. The van der Waals surface area contributed by atoms with E-state index in [-0.39, 0.29) is 5.71 Å². The zero-order valence-electron chi connectivity index (χ0n) is 9.25. The number of hydrogen-bond donors (Lipinski definition) is 2. The standard InChI is InChI=1S/C8H11N5O4/c1-4(7-5(2)11-17-12-7)10-13(8(9)16)3-6(14)15/h3H2,1-2H3,(H2,9,16)(H,14,15). The highest BCUT2D eigenvalue weighted by Crippen LogP contribution is 2.04. The minimum absolute atomic E-state index is 0.281. The number of amides is 2. The van der Waals surface area contributed by atoms with Crippen molar-refractivity contribution in [3.63, 3.8) is 0 Å². The van der Waals surface area contributed by atoms with Crippen molar-refractivity contribution in [1.82, 2.24) is 15.3 Å². The number of hydrazone groups is 1. The Morgan fingerprint density at radius 2 is 2.18 bits per heavy atom. The quantitative estimate of drug-likeness (QED) is 0.542. The maximum absolute atomic E-state index is 10.9. The van der Waals surface area contributed by atoms with Gasteiger partial charge in [-0.1, -0.05) is 5.16 Å². The van der Waals surface area contributed by atoms with E-state index in [2.05, 4.69) is 20.0 Å². The van der Waals surface area contributed by atoms with Gasteiger partial charge in [0.25, 0.3) is 0 Å². The number of carbonyl (C=O) groups excluding carboxylic acids is 1. The van der Waals surface area contributed by atoms with Crippen molar-refractivity contribution >= 4 is 17.7 Å². The topological polar surface area (TPSA) is 135 Å². The minimum Gasteiger partial charge on any atom is -0.480 e. The molecular formula is C8H11N5O4. The highest BCUT2D eigenvalue weighted by atomic mass is 16.6. The molecule has 1 heterocycles. The molecule has 0 saturated carbocycles. The van der Waals surface area contributed by atoms with Gasteiger partial charge in [-0.2, -0.15) is 5.10 Å². The van der Waals surface area contributed by atoms with Gasteiger partial charge in [-0.3, -0.25) is 4.79 Å². The Labute approximate surface area is 95.8 Å². The number of carboxylic acid groups (broad SMARTS) is 1. The number of hydrogen-bond acceptors (Lipinski definition) is 6. The summed E-state index contributed by atoms with van der Waals surface area (Å²) < 4.78 is 4.46. The molecule has 0 spiro atoms. The molecule has 3 N–H and O–H groups in total. The van der Waals surface area contributed by atoms with Gasteiger partial charge < -0.3 is 10.8 Å². The number of carboxylic acids is 1. The summed E-state index contributed by atoms with van der Waals surface area (Å²) in [7, 11) is 0. The number of aliphatic carboxylic acids is 1. The van der Waals surface area contributed by atoms with E-state index in [0.717, 1.165) is 0 Å². The lowest BCUT2D eigenvalue weighted by atomic mass is 10.2. The SMILES string of the molecule is CC(=NN(CC(=O)O)C(N)=O)c1nonc1C. The van der Waals surface area contributed by atoms with Crippen LogP contribution < -0.4 is 5.73 Å². The number of urea groups is 1. The summed E-state index contributed by atoms with van der Waals surface area (Å²) in [5, 5.41) is 20.0. The molecule has 0 saturated heterocycles. The fourth-order valence-corrected chi connectivity index (χ4v) is 1.08. The Morgan fingerprint density at radius 1 is 1.53 bits per heavy atom. The van der Waals surface area contributed by atoms with Gasteiger partial charge in [0, 0.05) is 0 Å². The predicted octanol–water partition coefficient (Wildman–Crippen LogP) is -0.433. The summed E-state index contributed by atoms with van der Waals surface area (Å²) in [6, 6.07) is -0.971. The van der Waals surface area contributed by atoms with E-state index in [9.17, 15) is 9.59 Å². The zero-order chi connectivity index (χ0) is 13.0. The van der Waals surface area contributed by atoms with Crippen molar-refractivity contribution in [2.24, 2.45) is 10.8 Å². The molecule has 0 radical (unpaired) electrons. The number of primary amides is 1. The second-order valence-electron chi connectivity index (χ2n) is 3.17. The molecule has 17 heavy (non-hydrogen) atoms. The molecule has 0 aliphatic carbocycles. The number of nitrogens with two attached hydrogens (primary N) is 1. The van der Waals surface area contributed by atoms with Gasteiger partial charge in [0.1, 0.15) is 12.2 Å². The minimum atomic E-state index is -1.23. The van der Waals surface area contributed by atoms with E-state index in [4.69, 9.17) is 10.8 Å². The van der Waals surface area contributed by atoms with Crippen LogP contribution in [0.15, 0.2) is 9.73 Å². The molecule has 1 aromatic heterocycles. The van der Waals surface area contributed by atoms with E-state index in [1.54, 1.807) is 6.92 Å². The molecule has 0 unspecified atom stereocenters. The lowest BCUT2D eigenvalue weighted by molar-refractivity contribution is -0.137. The molecule has 2 amide bonds. The summed E-state index contributed by atoms with van der Waals surface area (Å²) in [5.41, 5.74) is 6.08. The van der Waals surface area contributed by atoms with Crippen molar-refractivity contribution in [1.29, 1.82) is 0 Å². The van der Waals surface area contributed by atoms with E-state index in [0.29, 0.717) is 16.4 Å². The van der Waals surface area contributed by atoms with Gasteiger partial charge in [-0.25, -0.2) is 14.4 Å². The molecule has 0 aliphatic heterocycles. The van der Waals surface area contributed by atoms with Crippen molar-refractivity contribution in [3.05, 3.63) is 11.4 Å². The van der Waals surface area contributed by atoms with Crippen LogP contribution in [-0.2, 0) is 4.79 Å². The largest absolute Gasteiger partial charge is 0.480 e. The molecule has 0 bridgehead atoms. The molecule has 0 aromatic carbocycles. The number of nitrogens with zero attached hydrogens (tertiary/aromatic N) is 4. The van der Waals surface area contributed by atoms with Gasteiger partial charge in [0.05, 0.1) is 5.71 Å². The van der Waals surface area contributed by atoms with E-state index < -0.39 is 18.5 Å². The fourth-order valence-electron chi connectivity index (χ4n) is 1.08. The van der Waals surface area contributed by atoms with Crippen LogP contribution in [0.5, 0.6) is 0 Å². The first kappa shape index (κ1) is 12.6. The Balaban J connectivity index is 2.95. The van der Waals surface area contributed by atoms with Crippen LogP contribution in [0, 0.1) is 6.92 Å². The van der Waals surface area contributed by atoms with Crippen LogP contribution >= 0.6 is 0 Å². The number of rotatable bonds is 4. The molecule has 92 valence electrons. The van der Waals surface area contributed by atoms with E-state index in [1.807, 2.05) is 0 Å². The van der Waals surface area contributed by atoms with Crippen LogP contribution in [-0.4, -0.2) is 44.7 Å². The zero-order valence-corrected chi connectivity index (χ0v) is 9.25.